The van der Waals surface area contributed by atoms with Gasteiger partial charge in [-0.3, -0.25) is 4.79 Å². The number of benzene rings is 3. The number of hydrogen-bond acceptors (Lipinski definition) is 7. The summed E-state index contributed by atoms with van der Waals surface area (Å²) in [5.74, 6) is -1.46. The number of aryl methyl sites for hydroxylation is 1. The number of rotatable bonds is 5. The van der Waals surface area contributed by atoms with Crippen molar-refractivity contribution in [3.05, 3.63) is 87.3 Å². The van der Waals surface area contributed by atoms with E-state index in [-0.39, 0.29) is 26.8 Å². The molecule has 0 bridgehead atoms. The van der Waals surface area contributed by atoms with Gasteiger partial charge in [0, 0.05) is 22.7 Å². The van der Waals surface area contributed by atoms with Crippen molar-refractivity contribution in [3.8, 4) is 17.2 Å². The second-order valence-corrected chi connectivity index (χ2v) is 9.05. The molecule has 33 heavy (non-hydrogen) atoms. The number of halogens is 1. The molecular formula is C23H21ClN2O6S. The van der Waals surface area contributed by atoms with Crippen molar-refractivity contribution in [2.24, 2.45) is 5.73 Å². The number of hydrogen-bond donors (Lipinski definition) is 5. The van der Waals surface area contributed by atoms with Crippen LogP contribution in [0.4, 0.5) is 0 Å². The van der Waals surface area contributed by atoms with Crippen LogP contribution < -0.4 is 5.73 Å². The van der Waals surface area contributed by atoms with Crippen LogP contribution in [-0.4, -0.2) is 35.9 Å². The topological polar surface area (TPSA) is 162 Å². The Morgan fingerprint density at radius 2 is 1.64 bits per heavy atom. The van der Waals surface area contributed by atoms with E-state index < -0.39 is 27.2 Å². The lowest BCUT2D eigenvalue weighted by Gasteiger charge is -2.04. The molecule has 1 amide bonds. The molecule has 0 radical (unpaired) electrons. The maximum absolute atomic E-state index is 12.2. The molecule has 172 valence electrons. The van der Waals surface area contributed by atoms with Crippen LogP contribution in [0.3, 0.4) is 0 Å². The van der Waals surface area contributed by atoms with E-state index in [4.69, 9.17) is 27.9 Å². The van der Waals surface area contributed by atoms with Crippen molar-refractivity contribution in [2.75, 3.05) is 0 Å². The molecule has 0 spiro atoms. The second-order valence-electron chi connectivity index (χ2n) is 6.81. The van der Waals surface area contributed by atoms with E-state index in [1.165, 1.54) is 48.5 Å². The van der Waals surface area contributed by atoms with E-state index in [0.717, 1.165) is 17.2 Å². The molecule has 3 aromatic rings. The van der Waals surface area contributed by atoms with Crippen molar-refractivity contribution in [1.82, 2.24) is 0 Å². The summed E-state index contributed by atoms with van der Waals surface area (Å²) in [6.07, 6.45) is 2.18. The third-order valence-corrected chi connectivity index (χ3v) is 6.04. The van der Waals surface area contributed by atoms with Crippen LogP contribution >= 0.6 is 11.6 Å². The van der Waals surface area contributed by atoms with Crippen LogP contribution in [-0.2, 0) is 9.84 Å². The predicted octanol–water partition coefficient (Wildman–Crippen LogP) is 3.99. The summed E-state index contributed by atoms with van der Waals surface area (Å²) < 4.78 is 24.4. The molecule has 3 rings (SSSR count). The monoisotopic (exact) mass is 488 g/mol. The Bertz CT molecular complexity index is 1320. The summed E-state index contributed by atoms with van der Waals surface area (Å²) in [6, 6.07) is 13.1. The summed E-state index contributed by atoms with van der Waals surface area (Å²) in [7, 11) is -3.65. The fraction of sp³-hybridized carbons (Fsp3) is 0.0435. The van der Waals surface area contributed by atoms with Gasteiger partial charge < -0.3 is 26.5 Å². The molecule has 3 aromatic carbocycles. The summed E-state index contributed by atoms with van der Waals surface area (Å²) in [6.45, 7) is 1.86. The average molecular weight is 489 g/mol. The van der Waals surface area contributed by atoms with Crippen LogP contribution in [0.25, 0.3) is 6.08 Å². The molecule has 0 heterocycles. The molecule has 0 aromatic heterocycles. The SMILES string of the molecule is Cc1ccc(S(=O)(=O)/C=C/c2cc(C=N)cc(O)c2O)cc1.NC(=O)c1ccc(O)c(Cl)c1. The van der Waals surface area contributed by atoms with Gasteiger partial charge in [0.1, 0.15) is 5.75 Å². The highest BCUT2D eigenvalue weighted by atomic mass is 35.5. The number of carbonyl (C=O) groups is 1. The van der Waals surface area contributed by atoms with E-state index in [0.29, 0.717) is 5.56 Å². The second kappa shape index (κ2) is 10.7. The minimum atomic E-state index is -3.65. The van der Waals surface area contributed by atoms with Crippen molar-refractivity contribution in [3.63, 3.8) is 0 Å². The molecule has 0 fully saturated rings. The zero-order valence-electron chi connectivity index (χ0n) is 17.4. The molecule has 0 unspecified atom stereocenters. The Hall–Kier alpha value is -3.82. The summed E-state index contributed by atoms with van der Waals surface area (Å²) >= 11 is 5.50. The smallest absolute Gasteiger partial charge is 0.248 e. The first-order valence-electron chi connectivity index (χ1n) is 9.29. The highest BCUT2D eigenvalue weighted by molar-refractivity contribution is 7.94. The minimum absolute atomic E-state index is 0.0586. The molecule has 6 N–H and O–H groups in total. The van der Waals surface area contributed by atoms with Gasteiger partial charge in [-0.25, -0.2) is 8.42 Å². The number of phenolic OH excluding ortho intramolecular Hbond substituents is 3. The lowest BCUT2D eigenvalue weighted by Crippen LogP contribution is -2.10. The minimum Gasteiger partial charge on any atom is -0.506 e. The molecule has 10 heteroatoms. The standard InChI is InChI=1S/C16H15NO4S.C7H6ClNO2/c1-11-2-4-14(5-3-11)22(20,21)7-6-13-8-12(10-17)9-15(18)16(13)19;8-5-3-4(7(9)11)1-2-6(5)10/h2-10,17-19H,1H3;1-3,10H,(H2,9,11)/b7-6+,17-10?;. The van der Waals surface area contributed by atoms with Gasteiger partial charge in [-0.05, 0) is 61.0 Å². The van der Waals surface area contributed by atoms with Crippen LogP contribution in [0.1, 0.15) is 27.0 Å². The third kappa shape index (κ3) is 6.83. The van der Waals surface area contributed by atoms with Crippen LogP contribution in [0.5, 0.6) is 17.2 Å². The lowest BCUT2D eigenvalue weighted by molar-refractivity contribution is 0.1000. The average Bonchev–Trinajstić information content (AvgIpc) is 2.77. The maximum atomic E-state index is 12.2. The van der Waals surface area contributed by atoms with Gasteiger partial charge in [-0.15, -0.1) is 0 Å². The number of aromatic hydroxyl groups is 3. The van der Waals surface area contributed by atoms with Gasteiger partial charge in [-0.2, -0.15) is 0 Å². The number of amides is 1. The highest BCUT2D eigenvalue weighted by Gasteiger charge is 2.12. The zero-order valence-corrected chi connectivity index (χ0v) is 18.9. The number of carbonyl (C=O) groups excluding carboxylic acids is 1. The molecule has 0 aliphatic carbocycles. The Morgan fingerprint density at radius 3 is 2.18 bits per heavy atom. The van der Waals surface area contributed by atoms with Crippen LogP contribution in [0, 0.1) is 12.3 Å². The summed E-state index contributed by atoms with van der Waals surface area (Å²) in [4.78, 5) is 10.7. The molecule has 0 atom stereocenters. The number of sulfone groups is 1. The Balaban J connectivity index is 0.000000294. The number of nitrogens with two attached hydrogens (primary N) is 1. The maximum Gasteiger partial charge on any atom is 0.248 e. The summed E-state index contributed by atoms with van der Waals surface area (Å²) in [5, 5.41) is 36.5. The van der Waals surface area contributed by atoms with Crippen molar-refractivity contribution in [1.29, 1.82) is 5.41 Å². The van der Waals surface area contributed by atoms with Crippen molar-refractivity contribution < 1.29 is 28.5 Å². The van der Waals surface area contributed by atoms with E-state index in [1.807, 2.05) is 6.92 Å². The lowest BCUT2D eigenvalue weighted by atomic mass is 10.1. The number of nitrogens with one attached hydrogen (secondary N) is 1. The Labute approximate surface area is 195 Å². The molecule has 0 aliphatic rings. The molecule has 0 saturated heterocycles. The fourth-order valence-corrected chi connectivity index (χ4v) is 3.68. The van der Waals surface area contributed by atoms with Crippen LogP contribution in [0.2, 0.25) is 5.02 Å². The molecule has 0 saturated carbocycles. The van der Waals surface area contributed by atoms with E-state index in [1.54, 1.807) is 12.1 Å². The molecular weight excluding hydrogens is 468 g/mol. The fourth-order valence-electron chi connectivity index (χ4n) is 2.50. The van der Waals surface area contributed by atoms with Gasteiger partial charge in [-0.1, -0.05) is 29.3 Å². The normalized spacial score (nSPS) is 11.0. The zero-order chi connectivity index (χ0) is 24.8. The number of phenols is 3. The van der Waals surface area contributed by atoms with Crippen molar-refractivity contribution >= 4 is 39.6 Å². The van der Waals surface area contributed by atoms with Gasteiger partial charge in [0.25, 0.3) is 0 Å². The van der Waals surface area contributed by atoms with Crippen molar-refractivity contribution in [2.45, 2.75) is 11.8 Å². The molecule has 0 aliphatic heterocycles. The third-order valence-electron chi connectivity index (χ3n) is 4.32. The first-order valence-corrected chi connectivity index (χ1v) is 11.2. The van der Waals surface area contributed by atoms with Gasteiger partial charge >= 0.3 is 0 Å². The Morgan fingerprint density at radius 1 is 1.00 bits per heavy atom. The first kappa shape index (κ1) is 25.4. The highest BCUT2D eigenvalue weighted by Crippen LogP contribution is 2.31. The molecule has 8 nitrogen and oxygen atoms in total. The predicted molar refractivity (Wildman–Crippen MR) is 127 cm³/mol. The van der Waals surface area contributed by atoms with Crippen LogP contribution in [0.15, 0.2) is 64.9 Å². The van der Waals surface area contributed by atoms with E-state index >= 15 is 0 Å². The van der Waals surface area contributed by atoms with E-state index in [9.17, 15) is 23.4 Å². The largest absolute Gasteiger partial charge is 0.506 e. The van der Waals surface area contributed by atoms with Gasteiger partial charge in [0.05, 0.1) is 9.92 Å². The first-order chi connectivity index (χ1) is 15.4. The summed E-state index contributed by atoms with van der Waals surface area (Å²) in [5.41, 5.74) is 6.66. The number of primary amides is 1. The van der Waals surface area contributed by atoms with E-state index in [2.05, 4.69) is 0 Å². The van der Waals surface area contributed by atoms with Gasteiger partial charge in [0.2, 0.25) is 5.91 Å². The Kier molecular flexibility index (Phi) is 8.22. The quantitative estimate of drug-likeness (QED) is 0.269. The van der Waals surface area contributed by atoms with Gasteiger partial charge in [0.15, 0.2) is 21.3 Å².